The lowest BCUT2D eigenvalue weighted by Crippen LogP contribution is -2.48. The van der Waals surface area contributed by atoms with Crippen molar-refractivity contribution < 1.29 is 19.2 Å². The Morgan fingerprint density at radius 2 is 2.26 bits per heavy atom. The van der Waals surface area contributed by atoms with Crippen molar-refractivity contribution in [2.45, 2.75) is 83.5 Å². The molecule has 1 aliphatic rings. The van der Waals surface area contributed by atoms with Crippen LogP contribution in [-0.4, -0.2) is 38.6 Å². The van der Waals surface area contributed by atoms with Gasteiger partial charge in [-0.3, -0.25) is 0 Å². The first kappa shape index (κ1) is 17.7. The average molecular weight is 325 g/mol. The maximum Gasteiger partial charge on any atom is 0.407 e. The molecule has 7 heteroatoms. The van der Waals surface area contributed by atoms with Crippen LogP contribution in [0.2, 0.25) is 0 Å². The molecule has 0 aliphatic heterocycles. The fourth-order valence-electron chi connectivity index (χ4n) is 2.89. The first-order chi connectivity index (χ1) is 10.7. The van der Waals surface area contributed by atoms with E-state index in [9.17, 15) is 9.90 Å². The number of nitrogens with zero attached hydrogens (tertiary/aromatic N) is 2. The van der Waals surface area contributed by atoms with Gasteiger partial charge in [0.15, 0.2) is 5.82 Å². The van der Waals surface area contributed by atoms with Crippen LogP contribution in [0.4, 0.5) is 4.79 Å². The predicted octanol–water partition coefficient (Wildman–Crippen LogP) is 2.37. The van der Waals surface area contributed by atoms with Crippen LogP contribution in [0.3, 0.4) is 0 Å². The minimum atomic E-state index is -0.935. The summed E-state index contributed by atoms with van der Waals surface area (Å²) in [5, 5.41) is 17.5. The molecule has 0 saturated heterocycles. The van der Waals surface area contributed by atoms with Crippen molar-refractivity contribution in [1.29, 1.82) is 0 Å². The molecule has 7 nitrogen and oxygen atoms in total. The summed E-state index contributed by atoms with van der Waals surface area (Å²) in [5.74, 6) is 1.09. The molecule has 2 rings (SSSR count). The number of carbonyl (C=O) groups is 1. The molecule has 1 aromatic rings. The quantitative estimate of drug-likeness (QED) is 0.882. The summed E-state index contributed by atoms with van der Waals surface area (Å²) in [6, 6.07) is -0.114. The normalized spacial score (nSPS) is 25.2. The SMILES string of the molecule is CCc1noc(CC2(O)CCCC(NC(=O)OC(C)(C)C)C2)n1. The Labute approximate surface area is 136 Å². The van der Waals surface area contributed by atoms with Crippen LogP contribution >= 0.6 is 0 Å². The highest BCUT2D eigenvalue weighted by Gasteiger charge is 2.37. The Hall–Kier alpha value is -1.63. The van der Waals surface area contributed by atoms with E-state index >= 15 is 0 Å². The van der Waals surface area contributed by atoms with E-state index in [1.165, 1.54) is 0 Å². The second kappa shape index (κ2) is 6.86. The number of aromatic nitrogens is 2. The Morgan fingerprint density at radius 1 is 1.52 bits per heavy atom. The number of alkyl carbamates (subject to hydrolysis) is 1. The Balaban J connectivity index is 1.92. The zero-order valence-corrected chi connectivity index (χ0v) is 14.4. The Bertz CT molecular complexity index is 538. The number of amides is 1. The third-order valence-electron chi connectivity index (χ3n) is 3.85. The molecule has 1 amide bonds. The number of aliphatic hydroxyl groups is 1. The molecule has 23 heavy (non-hydrogen) atoms. The maximum atomic E-state index is 11.9. The topological polar surface area (TPSA) is 97.5 Å². The lowest BCUT2D eigenvalue weighted by Gasteiger charge is -2.36. The highest BCUT2D eigenvalue weighted by Crippen LogP contribution is 2.31. The third-order valence-corrected chi connectivity index (χ3v) is 3.85. The van der Waals surface area contributed by atoms with Crippen molar-refractivity contribution >= 4 is 6.09 Å². The van der Waals surface area contributed by atoms with Crippen LogP contribution in [0, 0.1) is 0 Å². The van der Waals surface area contributed by atoms with Crippen molar-refractivity contribution in [3.63, 3.8) is 0 Å². The summed E-state index contributed by atoms with van der Waals surface area (Å²) in [6.07, 6.45) is 3.33. The molecule has 1 aliphatic carbocycles. The summed E-state index contributed by atoms with van der Waals surface area (Å²) in [6.45, 7) is 7.42. The van der Waals surface area contributed by atoms with Gasteiger partial charge >= 0.3 is 6.09 Å². The van der Waals surface area contributed by atoms with Gasteiger partial charge in [-0.15, -0.1) is 0 Å². The zero-order valence-electron chi connectivity index (χ0n) is 14.4. The zero-order chi connectivity index (χ0) is 17.1. The first-order valence-corrected chi connectivity index (χ1v) is 8.22. The second-order valence-electron chi connectivity index (χ2n) is 7.30. The third kappa shape index (κ3) is 5.49. The lowest BCUT2D eigenvalue weighted by molar-refractivity contribution is -0.0149. The lowest BCUT2D eigenvalue weighted by atomic mass is 9.79. The minimum Gasteiger partial charge on any atom is -0.444 e. The van der Waals surface area contributed by atoms with E-state index < -0.39 is 17.3 Å². The maximum absolute atomic E-state index is 11.9. The average Bonchev–Trinajstić information content (AvgIpc) is 2.83. The van der Waals surface area contributed by atoms with E-state index in [1.807, 2.05) is 27.7 Å². The molecular weight excluding hydrogens is 298 g/mol. The number of nitrogens with one attached hydrogen (secondary N) is 1. The van der Waals surface area contributed by atoms with Crippen LogP contribution in [0.25, 0.3) is 0 Å². The predicted molar refractivity (Wildman–Crippen MR) is 84.0 cm³/mol. The standard InChI is InChI=1S/C16H27N3O4/c1-5-12-18-13(23-19-12)10-16(21)8-6-7-11(9-16)17-14(20)22-15(2,3)4/h11,21H,5-10H2,1-4H3,(H,17,20). The largest absolute Gasteiger partial charge is 0.444 e. The Kier molecular flexibility index (Phi) is 5.29. The van der Waals surface area contributed by atoms with Crippen LogP contribution in [-0.2, 0) is 17.6 Å². The number of aryl methyl sites for hydroxylation is 1. The van der Waals surface area contributed by atoms with Crippen molar-refractivity contribution in [1.82, 2.24) is 15.5 Å². The van der Waals surface area contributed by atoms with Gasteiger partial charge in [0, 0.05) is 12.5 Å². The van der Waals surface area contributed by atoms with Gasteiger partial charge in [-0.05, 0) is 46.5 Å². The van der Waals surface area contributed by atoms with Crippen LogP contribution < -0.4 is 5.32 Å². The monoisotopic (exact) mass is 325 g/mol. The van der Waals surface area contributed by atoms with Crippen LogP contribution in [0.5, 0.6) is 0 Å². The van der Waals surface area contributed by atoms with Gasteiger partial charge in [-0.25, -0.2) is 4.79 Å². The van der Waals surface area contributed by atoms with Gasteiger partial charge in [0.25, 0.3) is 0 Å². The molecule has 1 saturated carbocycles. The molecule has 1 heterocycles. The summed E-state index contributed by atoms with van der Waals surface area (Å²) in [7, 11) is 0. The fraction of sp³-hybridized carbons (Fsp3) is 0.812. The number of carbonyl (C=O) groups excluding carboxylic acids is 1. The molecule has 0 spiro atoms. The van der Waals surface area contributed by atoms with Crippen molar-refractivity contribution in [3.8, 4) is 0 Å². The number of hydrogen-bond donors (Lipinski definition) is 2. The summed E-state index contributed by atoms with van der Waals surface area (Å²) in [4.78, 5) is 16.1. The number of hydrogen-bond acceptors (Lipinski definition) is 6. The molecule has 2 unspecified atom stereocenters. The molecular formula is C16H27N3O4. The van der Waals surface area contributed by atoms with Gasteiger partial charge in [0.1, 0.15) is 5.60 Å². The molecule has 130 valence electrons. The van der Waals surface area contributed by atoms with E-state index in [4.69, 9.17) is 9.26 Å². The van der Waals surface area contributed by atoms with E-state index in [-0.39, 0.29) is 6.04 Å². The second-order valence-corrected chi connectivity index (χ2v) is 7.30. The fourth-order valence-corrected chi connectivity index (χ4v) is 2.89. The molecule has 0 radical (unpaired) electrons. The van der Waals surface area contributed by atoms with E-state index in [0.717, 1.165) is 12.8 Å². The molecule has 1 fully saturated rings. The van der Waals surface area contributed by atoms with E-state index in [0.29, 0.717) is 37.4 Å². The minimum absolute atomic E-state index is 0.114. The summed E-state index contributed by atoms with van der Waals surface area (Å²) >= 11 is 0. The summed E-state index contributed by atoms with van der Waals surface area (Å²) in [5.41, 5.74) is -1.47. The van der Waals surface area contributed by atoms with Crippen molar-refractivity contribution in [2.75, 3.05) is 0 Å². The van der Waals surface area contributed by atoms with Gasteiger partial charge in [-0.1, -0.05) is 12.1 Å². The first-order valence-electron chi connectivity index (χ1n) is 8.22. The Morgan fingerprint density at radius 3 is 2.87 bits per heavy atom. The molecule has 2 atom stereocenters. The van der Waals surface area contributed by atoms with Crippen LogP contribution in [0.1, 0.15) is 65.1 Å². The highest BCUT2D eigenvalue weighted by atomic mass is 16.6. The number of ether oxygens (including phenoxy) is 1. The smallest absolute Gasteiger partial charge is 0.407 e. The van der Waals surface area contributed by atoms with Crippen LogP contribution in [0.15, 0.2) is 4.52 Å². The molecule has 0 bridgehead atoms. The molecule has 0 aromatic carbocycles. The van der Waals surface area contributed by atoms with Gasteiger partial charge < -0.3 is 19.7 Å². The van der Waals surface area contributed by atoms with E-state index in [1.54, 1.807) is 0 Å². The van der Waals surface area contributed by atoms with Crippen molar-refractivity contribution in [2.24, 2.45) is 0 Å². The highest BCUT2D eigenvalue weighted by molar-refractivity contribution is 5.68. The number of rotatable bonds is 4. The van der Waals surface area contributed by atoms with Gasteiger partial charge in [0.05, 0.1) is 12.0 Å². The molecule has 1 aromatic heterocycles. The van der Waals surface area contributed by atoms with Crippen molar-refractivity contribution in [3.05, 3.63) is 11.7 Å². The molecule has 2 N–H and O–H groups in total. The van der Waals surface area contributed by atoms with Gasteiger partial charge in [-0.2, -0.15) is 4.98 Å². The summed E-state index contributed by atoms with van der Waals surface area (Å²) < 4.78 is 10.4. The van der Waals surface area contributed by atoms with Gasteiger partial charge in [0.2, 0.25) is 5.89 Å². The van der Waals surface area contributed by atoms with E-state index in [2.05, 4.69) is 15.5 Å².